The minimum absolute atomic E-state index is 1.23. The highest BCUT2D eigenvalue weighted by atomic mass is 14.2. The summed E-state index contributed by atoms with van der Waals surface area (Å²) < 4.78 is 0. The molecule has 0 N–H and O–H groups in total. The van der Waals surface area contributed by atoms with Gasteiger partial charge in [0.2, 0.25) is 0 Å². The highest BCUT2D eigenvalue weighted by Gasteiger charge is 2.14. The fourth-order valence-corrected chi connectivity index (χ4v) is 5.47. The van der Waals surface area contributed by atoms with Crippen molar-refractivity contribution in [1.82, 2.24) is 0 Å². The molecule has 0 atom stereocenters. The standard InChI is InChI=1S/C36H24/c1-3-10-25(11-4-1)30-20-21-32(26-12-5-2-6-13-26)35(24-30)33-17-9-16-27-18-19-31-22-28-14-7-8-15-29(28)23-34(31)36(27)33/h1-24H. The van der Waals surface area contributed by atoms with Crippen LogP contribution in [0.3, 0.4) is 0 Å². The Balaban J connectivity index is 1.58. The van der Waals surface area contributed by atoms with Gasteiger partial charge in [0.15, 0.2) is 0 Å². The van der Waals surface area contributed by atoms with E-state index in [1.807, 2.05) is 0 Å². The van der Waals surface area contributed by atoms with Gasteiger partial charge in [-0.25, -0.2) is 0 Å². The van der Waals surface area contributed by atoms with E-state index in [0.29, 0.717) is 0 Å². The number of hydrogen-bond donors (Lipinski definition) is 0. The van der Waals surface area contributed by atoms with E-state index in [2.05, 4.69) is 146 Å². The minimum Gasteiger partial charge on any atom is -0.0622 e. The molecule has 0 aliphatic carbocycles. The molecule has 0 fully saturated rings. The third kappa shape index (κ3) is 3.47. The second-order valence-electron chi connectivity index (χ2n) is 9.38. The molecule has 0 unspecified atom stereocenters. The maximum atomic E-state index is 2.37. The lowest BCUT2D eigenvalue weighted by molar-refractivity contribution is 1.58. The fraction of sp³-hybridized carbons (Fsp3) is 0. The topological polar surface area (TPSA) is 0 Å². The van der Waals surface area contributed by atoms with E-state index in [0.717, 1.165) is 0 Å². The second-order valence-corrected chi connectivity index (χ2v) is 9.38. The van der Waals surface area contributed by atoms with E-state index < -0.39 is 0 Å². The van der Waals surface area contributed by atoms with Crippen LogP contribution in [0.1, 0.15) is 0 Å². The Morgan fingerprint density at radius 1 is 0.278 bits per heavy atom. The van der Waals surface area contributed by atoms with Crippen LogP contribution < -0.4 is 0 Å². The zero-order chi connectivity index (χ0) is 23.9. The third-order valence-corrected chi connectivity index (χ3v) is 7.23. The molecule has 36 heavy (non-hydrogen) atoms. The van der Waals surface area contributed by atoms with Crippen LogP contribution in [0.25, 0.3) is 65.7 Å². The largest absolute Gasteiger partial charge is 0.0622 e. The van der Waals surface area contributed by atoms with E-state index in [4.69, 9.17) is 0 Å². The van der Waals surface area contributed by atoms with Crippen LogP contribution in [0.4, 0.5) is 0 Å². The third-order valence-electron chi connectivity index (χ3n) is 7.23. The second kappa shape index (κ2) is 8.52. The molecule has 0 saturated carbocycles. The summed E-state index contributed by atoms with van der Waals surface area (Å²) in [5, 5.41) is 7.69. The van der Waals surface area contributed by atoms with Crippen molar-refractivity contribution in [2.75, 3.05) is 0 Å². The Labute approximate surface area is 211 Å². The van der Waals surface area contributed by atoms with Crippen LogP contribution in [0, 0.1) is 0 Å². The lowest BCUT2D eigenvalue weighted by atomic mass is 9.87. The van der Waals surface area contributed by atoms with Gasteiger partial charge in [-0.1, -0.05) is 127 Å². The Kier molecular flexibility index (Phi) is 4.89. The zero-order valence-corrected chi connectivity index (χ0v) is 19.9. The van der Waals surface area contributed by atoms with Gasteiger partial charge in [-0.15, -0.1) is 0 Å². The molecular weight excluding hydrogens is 432 g/mol. The average molecular weight is 457 g/mol. The van der Waals surface area contributed by atoms with Gasteiger partial charge in [0.1, 0.15) is 0 Å². The van der Waals surface area contributed by atoms with Crippen LogP contribution in [0.5, 0.6) is 0 Å². The molecule has 0 bridgehead atoms. The molecule has 0 nitrogen and oxygen atoms in total. The number of hydrogen-bond acceptors (Lipinski definition) is 0. The monoisotopic (exact) mass is 456 g/mol. The van der Waals surface area contributed by atoms with Crippen LogP contribution in [-0.4, -0.2) is 0 Å². The number of rotatable bonds is 3. The van der Waals surface area contributed by atoms with Crippen molar-refractivity contribution in [3.8, 4) is 33.4 Å². The summed E-state index contributed by atoms with van der Waals surface area (Å²) in [7, 11) is 0. The number of fused-ring (bicyclic) bond motifs is 4. The summed E-state index contributed by atoms with van der Waals surface area (Å²) in [5.41, 5.74) is 7.47. The highest BCUT2D eigenvalue weighted by Crippen LogP contribution is 2.41. The summed E-state index contributed by atoms with van der Waals surface area (Å²) in [6.07, 6.45) is 0. The Morgan fingerprint density at radius 2 is 0.917 bits per heavy atom. The summed E-state index contributed by atoms with van der Waals surface area (Å²) >= 11 is 0. The molecule has 0 saturated heterocycles. The molecule has 0 aliphatic rings. The molecule has 0 amide bonds. The molecule has 0 heterocycles. The summed E-state index contributed by atoms with van der Waals surface area (Å²) in [6, 6.07) is 52.8. The van der Waals surface area contributed by atoms with Gasteiger partial charge in [0.25, 0.3) is 0 Å². The van der Waals surface area contributed by atoms with Gasteiger partial charge in [-0.2, -0.15) is 0 Å². The van der Waals surface area contributed by atoms with Crippen molar-refractivity contribution in [2.45, 2.75) is 0 Å². The molecule has 7 rings (SSSR count). The van der Waals surface area contributed by atoms with Gasteiger partial charge < -0.3 is 0 Å². The van der Waals surface area contributed by atoms with Crippen LogP contribution in [0.15, 0.2) is 146 Å². The lowest BCUT2D eigenvalue weighted by Crippen LogP contribution is -1.90. The molecule has 7 aromatic carbocycles. The summed E-state index contributed by atoms with van der Waals surface area (Å²) in [4.78, 5) is 0. The Morgan fingerprint density at radius 3 is 1.69 bits per heavy atom. The molecule has 168 valence electrons. The van der Waals surface area contributed by atoms with Crippen molar-refractivity contribution in [3.05, 3.63) is 146 Å². The SMILES string of the molecule is c1ccc(-c2ccc(-c3ccccc3)c(-c3cccc4ccc5cc6ccccc6cc5c34)c2)cc1. The molecule has 0 aliphatic heterocycles. The summed E-state index contributed by atoms with van der Waals surface area (Å²) in [6.45, 7) is 0. The number of benzene rings is 7. The zero-order valence-electron chi connectivity index (χ0n) is 19.9. The first kappa shape index (κ1) is 20.7. The molecule has 0 spiro atoms. The molecule has 0 aromatic heterocycles. The van der Waals surface area contributed by atoms with Gasteiger partial charge in [0.05, 0.1) is 0 Å². The average Bonchev–Trinajstić information content (AvgIpc) is 2.96. The normalized spacial score (nSPS) is 11.3. The quantitative estimate of drug-likeness (QED) is 0.183. The van der Waals surface area contributed by atoms with Crippen molar-refractivity contribution >= 4 is 32.3 Å². The first-order chi connectivity index (χ1) is 17.8. The van der Waals surface area contributed by atoms with Crippen molar-refractivity contribution in [3.63, 3.8) is 0 Å². The molecule has 7 aromatic rings. The van der Waals surface area contributed by atoms with Gasteiger partial charge in [0, 0.05) is 0 Å². The van der Waals surface area contributed by atoms with Crippen LogP contribution in [0.2, 0.25) is 0 Å². The van der Waals surface area contributed by atoms with E-state index in [1.54, 1.807) is 0 Å². The lowest BCUT2D eigenvalue weighted by Gasteiger charge is -2.17. The smallest absolute Gasteiger partial charge is 0.00264 e. The van der Waals surface area contributed by atoms with Gasteiger partial charge in [-0.3, -0.25) is 0 Å². The predicted octanol–water partition coefficient (Wildman–Crippen LogP) is 10.1. The van der Waals surface area contributed by atoms with Crippen molar-refractivity contribution in [1.29, 1.82) is 0 Å². The van der Waals surface area contributed by atoms with Gasteiger partial charge in [-0.05, 0) is 83.9 Å². The first-order valence-electron chi connectivity index (χ1n) is 12.4. The van der Waals surface area contributed by atoms with Crippen LogP contribution >= 0.6 is 0 Å². The predicted molar refractivity (Wildman–Crippen MR) is 155 cm³/mol. The summed E-state index contributed by atoms with van der Waals surface area (Å²) in [5.74, 6) is 0. The minimum atomic E-state index is 1.23. The maximum Gasteiger partial charge on any atom is -0.00264 e. The van der Waals surface area contributed by atoms with Crippen molar-refractivity contribution in [2.24, 2.45) is 0 Å². The van der Waals surface area contributed by atoms with Crippen LogP contribution in [-0.2, 0) is 0 Å². The van der Waals surface area contributed by atoms with E-state index >= 15 is 0 Å². The Hall–Kier alpha value is -4.68. The maximum absolute atomic E-state index is 2.37. The fourth-order valence-electron chi connectivity index (χ4n) is 5.47. The molecular formula is C36H24. The molecule has 0 heteroatoms. The van der Waals surface area contributed by atoms with Crippen molar-refractivity contribution < 1.29 is 0 Å². The van der Waals surface area contributed by atoms with Gasteiger partial charge >= 0.3 is 0 Å². The first-order valence-corrected chi connectivity index (χ1v) is 12.4. The highest BCUT2D eigenvalue weighted by molar-refractivity contribution is 6.18. The van der Waals surface area contributed by atoms with E-state index in [-0.39, 0.29) is 0 Å². The van der Waals surface area contributed by atoms with E-state index in [1.165, 1.54) is 65.7 Å². The molecule has 0 radical (unpaired) electrons. The van der Waals surface area contributed by atoms with E-state index in [9.17, 15) is 0 Å². The Bertz CT molecular complexity index is 1860.